The highest BCUT2D eigenvalue weighted by atomic mass is 35.5. The van der Waals surface area contributed by atoms with Crippen molar-refractivity contribution in [3.05, 3.63) is 28.8 Å². The molecule has 5 N–H and O–H groups in total. The number of primary amides is 1. The van der Waals surface area contributed by atoms with Gasteiger partial charge in [-0.1, -0.05) is 24.4 Å². The highest BCUT2D eigenvalue weighted by Gasteiger charge is 2.22. The maximum absolute atomic E-state index is 11.4. The van der Waals surface area contributed by atoms with E-state index in [1.165, 1.54) is 6.42 Å². The van der Waals surface area contributed by atoms with Gasteiger partial charge >= 0.3 is 0 Å². The molecule has 0 aliphatic heterocycles. The zero-order valence-electron chi connectivity index (χ0n) is 10.2. The Bertz CT molecular complexity index is 450. The van der Waals surface area contributed by atoms with Gasteiger partial charge in [-0.25, -0.2) is 0 Å². The van der Waals surface area contributed by atoms with Crippen LogP contribution in [-0.4, -0.2) is 18.0 Å². The van der Waals surface area contributed by atoms with E-state index in [-0.39, 0.29) is 12.1 Å². The number of benzene rings is 1. The Labute approximate surface area is 112 Å². The van der Waals surface area contributed by atoms with Crippen LogP contribution >= 0.6 is 11.6 Å². The van der Waals surface area contributed by atoms with Crippen molar-refractivity contribution in [2.75, 3.05) is 5.32 Å². The third-order valence-corrected chi connectivity index (χ3v) is 3.64. The smallest absolute Gasteiger partial charge is 0.250 e. The Morgan fingerprint density at radius 1 is 1.33 bits per heavy atom. The Balaban J connectivity index is 2.20. The van der Waals surface area contributed by atoms with Crippen molar-refractivity contribution in [3.63, 3.8) is 0 Å². The highest BCUT2D eigenvalue weighted by molar-refractivity contribution is 6.31. The second kappa shape index (κ2) is 5.59. The van der Waals surface area contributed by atoms with Gasteiger partial charge in [-0.2, -0.15) is 0 Å². The molecule has 0 unspecified atom stereocenters. The summed E-state index contributed by atoms with van der Waals surface area (Å²) in [7, 11) is 0. The van der Waals surface area contributed by atoms with Crippen LogP contribution in [0, 0.1) is 0 Å². The predicted octanol–water partition coefficient (Wildman–Crippen LogP) is 2.12. The monoisotopic (exact) mass is 267 g/mol. The van der Waals surface area contributed by atoms with E-state index in [1.54, 1.807) is 18.2 Å². The molecule has 0 bridgehead atoms. The van der Waals surface area contributed by atoms with Gasteiger partial charge in [-0.15, -0.1) is 0 Å². The Morgan fingerprint density at radius 3 is 2.72 bits per heavy atom. The summed E-state index contributed by atoms with van der Waals surface area (Å²) in [6.07, 6.45) is 4.35. The van der Waals surface area contributed by atoms with E-state index >= 15 is 0 Å². The summed E-state index contributed by atoms with van der Waals surface area (Å²) >= 11 is 5.87. The molecule has 2 rings (SSSR count). The lowest BCUT2D eigenvalue weighted by atomic mass is 9.90. The zero-order valence-corrected chi connectivity index (χ0v) is 10.9. The fourth-order valence-corrected chi connectivity index (χ4v) is 2.56. The molecule has 18 heavy (non-hydrogen) atoms. The van der Waals surface area contributed by atoms with E-state index in [9.17, 15) is 4.79 Å². The maximum atomic E-state index is 11.4. The summed E-state index contributed by atoms with van der Waals surface area (Å²) in [6, 6.07) is 5.42. The number of anilines is 1. The van der Waals surface area contributed by atoms with E-state index in [2.05, 4.69) is 5.32 Å². The molecular formula is C13H18ClN3O. The van der Waals surface area contributed by atoms with E-state index in [4.69, 9.17) is 23.1 Å². The van der Waals surface area contributed by atoms with Gasteiger partial charge in [0.05, 0.1) is 5.56 Å². The number of amides is 1. The topological polar surface area (TPSA) is 81.1 Å². The van der Waals surface area contributed by atoms with Crippen LogP contribution in [0.2, 0.25) is 5.02 Å². The van der Waals surface area contributed by atoms with E-state index in [0.29, 0.717) is 16.3 Å². The normalized spacial score (nSPS) is 23.7. The van der Waals surface area contributed by atoms with Crippen LogP contribution in [0.5, 0.6) is 0 Å². The van der Waals surface area contributed by atoms with Gasteiger partial charge in [0.15, 0.2) is 0 Å². The first kappa shape index (κ1) is 13.2. The largest absolute Gasteiger partial charge is 0.380 e. The molecule has 0 saturated heterocycles. The van der Waals surface area contributed by atoms with Crippen molar-refractivity contribution in [2.24, 2.45) is 11.5 Å². The third kappa shape index (κ3) is 2.94. The third-order valence-electron chi connectivity index (χ3n) is 3.41. The van der Waals surface area contributed by atoms with Crippen molar-refractivity contribution >= 4 is 23.2 Å². The molecule has 2 atom stereocenters. The number of nitrogens with two attached hydrogens (primary N) is 2. The van der Waals surface area contributed by atoms with Gasteiger partial charge in [-0.3, -0.25) is 4.79 Å². The minimum absolute atomic E-state index is 0.121. The summed E-state index contributed by atoms with van der Waals surface area (Å²) in [4.78, 5) is 11.4. The maximum Gasteiger partial charge on any atom is 0.250 e. The molecule has 0 heterocycles. The molecule has 1 fully saturated rings. The first-order chi connectivity index (χ1) is 8.58. The molecular weight excluding hydrogens is 250 g/mol. The van der Waals surface area contributed by atoms with Crippen LogP contribution in [0.4, 0.5) is 5.69 Å². The lowest BCUT2D eigenvalue weighted by molar-refractivity contribution is 0.100. The molecule has 1 aromatic rings. The fraction of sp³-hybridized carbons (Fsp3) is 0.462. The Kier molecular flexibility index (Phi) is 4.09. The van der Waals surface area contributed by atoms with Crippen LogP contribution in [0.15, 0.2) is 18.2 Å². The first-order valence-corrected chi connectivity index (χ1v) is 6.57. The zero-order chi connectivity index (χ0) is 13.1. The number of hydrogen-bond acceptors (Lipinski definition) is 3. The molecule has 4 nitrogen and oxygen atoms in total. The van der Waals surface area contributed by atoms with Crippen LogP contribution in [0.1, 0.15) is 36.0 Å². The number of halogens is 1. The second-order valence-corrected chi connectivity index (χ2v) is 5.19. The molecule has 1 aromatic carbocycles. The number of carbonyl (C=O) groups is 1. The molecule has 1 aliphatic carbocycles. The SMILES string of the molecule is NC(=O)c1cc(Cl)ccc1N[C@@H]1CCCC[C@H]1N. The summed E-state index contributed by atoms with van der Waals surface area (Å²) in [6.45, 7) is 0. The van der Waals surface area contributed by atoms with Gasteiger partial charge < -0.3 is 16.8 Å². The van der Waals surface area contributed by atoms with Crippen molar-refractivity contribution in [3.8, 4) is 0 Å². The van der Waals surface area contributed by atoms with Gasteiger partial charge in [0, 0.05) is 22.8 Å². The number of carbonyl (C=O) groups excluding carboxylic acids is 1. The van der Waals surface area contributed by atoms with Crippen molar-refractivity contribution in [2.45, 2.75) is 37.8 Å². The summed E-state index contributed by atoms with van der Waals surface area (Å²) < 4.78 is 0. The molecule has 1 aliphatic rings. The molecule has 1 amide bonds. The Hall–Kier alpha value is -1.26. The minimum atomic E-state index is -0.482. The first-order valence-electron chi connectivity index (χ1n) is 6.19. The van der Waals surface area contributed by atoms with Gasteiger partial charge in [0.25, 0.3) is 5.91 Å². The number of rotatable bonds is 3. The summed E-state index contributed by atoms with van der Waals surface area (Å²) in [5.74, 6) is -0.482. The minimum Gasteiger partial charge on any atom is -0.380 e. The standard InChI is InChI=1S/C13H18ClN3O/c14-8-5-6-11(9(7-8)13(16)18)17-12-4-2-1-3-10(12)15/h5-7,10,12,17H,1-4,15H2,(H2,16,18)/t10-,12-/m1/s1. The van der Waals surface area contributed by atoms with Crippen molar-refractivity contribution < 1.29 is 4.79 Å². The van der Waals surface area contributed by atoms with Gasteiger partial charge in [-0.05, 0) is 31.0 Å². The second-order valence-electron chi connectivity index (χ2n) is 4.75. The molecule has 0 radical (unpaired) electrons. The summed E-state index contributed by atoms with van der Waals surface area (Å²) in [5.41, 5.74) is 12.6. The van der Waals surface area contributed by atoms with Crippen LogP contribution in [0.3, 0.4) is 0 Å². The van der Waals surface area contributed by atoms with E-state index in [1.807, 2.05) is 0 Å². The average molecular weight is 268 g/mol. The van der Waals surface area contributed by atoms with Crippen molar-refractivity contribution in [1.82, 2.24) is 0 Å². The van der Waals surface area contributed by atoms with E-state index < -0.39 is 5.91 Å². The molecule has 0 spiro atoms. The molecule has 0 aromatic heterocycles. The van der Waals surface area contributed by atoms with Crippen LogP contribution in [0.25, 0.3) is 0 Å². The highest BCUT2D eigenvalue weighted by Crippen LogP contribution is 2.25. The van der Waals surface area contributed by atoms with Gasteiger partial charge in [0.1, 0.15) is 0 Å². The predicted molar refractivity (Wildman–Crippen MR) is 73.8 cm³/mol. The molecule has 5 heteroatoms. The number of hydrogen-bond donors (Lipinski definition) is 3. The Morgan fingerprint density at radius 2 is 2.06 bits per heavy atom. The average Bonchev–Trinajstić information content (AvgIpc) is 2.34. The lowest BCUT2D eigenvalue weighted by Crippen LogP contribution is -2.42. The quantitative estimate of drug-likeness (QED) is 0.785. The lowest BCUT2D eigenvalue weighted by Gasteiger charge is -2.30. The van der Waals surface area contributed by atoms with E-state index in [0.717, 1.165) is 19.3 Å². The molecule has 1 saturated carbocycles. The number of nitrogens with one attached hydrogen (secondary N) is 1. The van der Waals surface area contributed by atoms with Gasteiger partial charge in [0.2, 0.25) is 0 Å². The van der Waals surface area contributed by atoms with Crippen LogP contribution < -0.4 is 16.8 Å². The molecule has 98 valence electrons. The van der Waals surface area contributed by atoms with Crippen molar-refractivity contribution in [1.29, 1.82) is 0 Å². The fourth-order valence-electron chi connectivity index (χ4n) is 2.38. The van der Waals surface area contributed by atoms with Crippen LogP contribution in [-0.2, 0) is 0 Å². The summed E-state index contributed by atoms with van der Waals surface area (Å²) in [5, 5.41) is 3.83.